The number of rotatable bonds is 6. The van der Waals surface area contributed by atoms with Crippen molar-refractivity contribution in [3.05, 3.63) is 29.8 Å². The fourth-order valence-corrected chi connectivity index (χ4v) is 1.82. The SMILES string of the molecule is COc1ccc(C(C)CN(C)C(C)C(=O)O)cc1. The zero-order valence-corrected chi connectivity index (χ0v) is 11.4. The van der Waals surface area contributed by atoms with Gasteiger partial charge in [0.1, 0.15) is 11.8 Å². The molecule has 0 bridgehead atoms. The van der Waals surface area contributed by atoms with Gasteiger partial charge in [0, 0.05) is 6.54 Å². The Hall–Kier alpha value is -1.55. The Balaban J connectivity index is 2.63. The number of nitrogens with zero attached hydrogens (tertiary/aromatic N) is 1. The number of likely N-dealkylation sites (N-methyl/N-ethyl adjacent to an activating group) is 1. The molecule has 18 heavy (non-hydrogen) atoms. The van der Waals surface area contributed by atoms with Crippen molar-refractivity contribution < 1.29 is 14.6 Å². The van der Waals surface area contributed by atoms with E-state index in [1.165, 1.54) is 5.56 Å². The van der Waals surface area contributed by atoms with Gasteiger partial charge in [-0.3, -0.25) is 9.69 Å². The van der Waals surface area contributed by atoms with E-state index in [9.17, 15) is 4.79 Å². The zero-order valence-electron chi connectivity index (χ0n) is 11.4. The molecule has 2 atom stereocenters. The number of aliphatic carboxylic acids is 1. The minimum Gasteiger partial charge on any atom is -0.497 e. The zero-order chi connectivity index (χ0) is 13.7. The lowest BCUT2D eigenvalue weighted by Crippen LogP contribution is -2.37. The van der Waals surface area contributed by atoms with Crippen molar-refractivity contribution in [1.29, 1.82) is 0 Å². The van der Waals surface area contributed by atoms with Crippen LogP contribution in [0.2, 0.25) is 0 Å². The highest BCUT2D eigenvalue weighted by Gasteiger charge is 2.19. The van der Waals surface area contributed by atoms with E-state index in [2.05, 4.69) is 6.92 Å². The summed E-state index contributed by atoms with van der Waals surface area (Å²) in [5.41, 5.74) is 1.18. The van der Waals surface area contributed by atoms with Gasteiger partial charge in [-0.2, -0.15) is 0 Å². The Kier molecular flexibility index (Phi) is 5.16. The van der Waals surface area contributed by atoms with Crippen LogP contribution in [0.5, 0.6) is 5.75 Å². The van der Waals surface area contributed by atoms with Gasteiger partial charge in [-0.1, -0.05) is 19.1 Å². The molecule has 0 aromatic heterocycles. The molecule has 0 spiro atoms. The van der Waals surface area contributed by atoms with Gasteiger partial charge in [0.15, 0.2) is 0 Å². The predicted molar refractivity (Wildman–Crippen MR) is 71.1 cm³/mol. The maximum atomic E-state index is 10.9. The molecular weight excluding hydrogens is 230 g/mol. The van der Waals surface area contributed by atoms with Gasteiger partial charge in [0.25, 0.3) is 0 Å². The second-order valence-corrected chi connectivity index (χ2v) is 4.63. The summed E-state index contributed by atoms with van der Waals surface area (Å²) in [6, 6.07) is 7.41. The summed E-state index contributed by atoms with van der Waals surface area (Å²) in [4.78, 5) is 12.7. The van der Waals surface area contributed by atoms with Gasteiger partial charge in [0.2, 0.25) is 0 Å². The highest BCUT2D eigenvalue weighted by molar-refractivity contribution is 5.72. The van der Waals surface area contributed by atoms with Crippen LogP contribution >= 0.6 is 0 Å². The smallest absolute Gasteiger partial charge is 0.320 e. The summed E-state index contributed by atoms with van der Waals surface area (Å²) in [5, 5.41) is 8.95. The highest BCUT2D eigenvalue weighted by atomic mass is 16.5. The van der Waals surface area contributed by atoms with E-state index in [1.807, 2.05) is 36.2 Å². The Labute approximate surface area is 108 Å². The van der Waals surface area contributed by atoms with Crippen molar-refractivity contribution in [2.75, 3.05) is 20.7 Å². The average Bonchev–Trinajstić information content (AvgIpc) is 2.37. The number of carbonyl (C=O) groups is 1. The second kappa shape index (κ2) is 6.40. The summed E-state index contributed by atoms with van der Waals surface area (Å²) in [6.45, 7) is 4.50. The van der Waals surface area contributed by atoms with E-state index in [4.69, 9.17) is 9.84 Å². The normalized spacial score (nSPS) is 14.3. The van der Waals surface area contributed by atoms with Crippen LogP contribution in [0.1, 0.15) is 25.3 Å². The van der Waals surface area contributed by atoms with E-state index in [0.717, 1.165) is 5.75 Å². The number of carboxylic acids is 1. The van der Waals surface area contributed by atoms with Gasteiger partial charge in [-0.25, -0.2) is 0 Å². The summed E-state index contributed by atoms with van der Waals surface area (Å²) in [6.07, 6.45) is 0. The van der Waals surface area contributed by atoms with Crippen LogP contribution in [0.4, 0.5) is 0 Å². The van der Waals surface area contributed by atoms with E-state index in [1.54, 1.807) is 14.0 Å². The number of carboxylic acid groups (broad SMARTS) is 1. The van der Waals surface area contributed by atoms with Crippen molar-refractivity contribution in [3.8, 4) is 5.75 Å². The first-order chi connectivity index (χ1) is 8.45. The number of hydrogen-bond acceptors (Lipinski definition) is 3. The Morgan fingerprint density at radius 3 is 2.33 bits per heavy atom. The van der Waals surface area contributed by atoms with Crippen LogP contribution in [0, 0.1) is 0 Å². The molecule has 0 aliphatic carbocycles. The van der Waals surface area contributed by atoms with Crippen LogP contribution < -0.4 is 4.74 Å². The standard InChI is InChI=1S/C14H21NO3/c1-10(9-15(3)11(2)14(16)17)12-5-7-13(18-4)8-6-12/h5-8,10-11H,9H2,1-4H3,(H,16,17). The molecule has 0 heterocycles. The Morgan fingerprint density at radius 2 is 1.89 bits per heavy atom. The fourth-order valence-electron chi connectivity index (χ4n) is 1.82. The van der Waals surface area contributed by atoms with E-state index in [-0.39, 0.29) is 5.92 Å². The first-order valence-electron chi connectivity index (χ1n) is 6.02. The third kappa shape index (κ3) is 3.74. The molecule has 1 aromatic carbocycles. The van der Waals surface area contributed by atoms with Crippen LogP contribution in [0.25, 0.3) is 0 Å². The topological polar surface area (TPSA) is 49.8 Å². The molecule has 0 fully saturated rings. The summed E-state index contributed by atoms with van der Waals surface area (Å²) >= 11 is 0. The average molecular weight is 251 g/mol. The van der Waals surface area contributed by atoms with E-state index in [0.29, 0.717) is 6.54 Å². The van der Waals surface area contributed by atoms with Crippen molar-refractivity contribution in [1.82, 2.24) is 4.90 Å². The number of hydrogen-bond donors (Lipinski definition) is 1. The number of benzene rings is 1. The second-order valence-electron chi connectivity index (χ2n) is 4.63. The van der Waals surface area contributed by atoms with Gasteiger partial charge in [0.05, 0.1) is 7.11 Å². The first kappa shape index (κ1) is 14.5. The Bertz CT molecular complexity index is 389. The summed E-state index contributed by atoms with van der Waals surface area (Å²) in [7, 11) is 3.47. The largest absolute Gasteiger partial charge is 0.497 e. The predicted octanol–water partition coefficient (Wildman–Crippen LogP) is 2.20. The van der Waals surface area contributed by atoms with Crippen molar-refractivity contribution >= 4 is 5.97 Å². The number of methoxy groups -OCH3 is 1. The van der Waals surface area contributed by atoms with E-state index < -0.39 is 12.0 Å². The maximum Gasteiger partial charge on any atom is 0.320 e. The number of ether oxygens (including phenoxy) is 1. The van der Waals surface area contributed by atoms with Crippen LogP contribution in [0.3, 0.4) is 0 Å². The molecule has 0 amide bonds. The summed E-state index contributed by atoms with van der Waals surface area (Å²) < 4.78 is 5.11. The fraction of sp³-hybridized carbons (Fsp3) is 0.500. The third-order valence-corrected chi connectivity index (χ3v) is 3.27. The van der Waals surface area contributed by atoms with Gasteiger partial charge in [-0.15, -0.1) is 0 Å². The minimum atomic E-state index is -0.792. The first-order valence-corrected chi connectivity index (χ1v) is 6.02. The van der Waals surface area contributed by atoms with Crippen molar-refractivity contribution in [2.45, 2.75) is 25.8 Å². The highest BCUT2D eigenvalue weighted by Crippen LogP contribution is 2.20. The third-order valence-electron chi connectivity index (χ3n) is 3.27. The van der Waals surface area contributed by atoms with Gasteiger partial charge < -0.3 is 9.84 Å². The quantitative estimate of drug-likeness (QED) is 0.842. The van der Waals surface area contributed by atoms with Gasteiger partial charge in [-0.05, 0) is 37.6 Å². The Morgan fingerprint density at radius 1 is 1.33 bits per heavy atom. The van der Waals surface area contributed by atoms with Crippen LogP contribution in [0.15, 0.2) is 24.3 Å². The van der Waals surface area contributed by atoms with Crippen LogP contribution in [-0.2, 0) is 4.79 Å². The molecule has 4 nitrogen and oxygen atoms in total. The lowest BCUT2D eigenvalue weighted by atomic mass is 10.00. The summed E-state index contributed by atoms with van der Waals surface area (Å²) in [5.74, 6) is 0.320. The molecule has 0 saturated heterocycles. The molecule has 0 radical (unpaired) electrons. The lowest BCUT2D eigenvalue weighted by Gasteiger charge is -2.25. The van der Waals surface area contributed by atoms with Gasteiger partial charge >= 0.3 is 5.97 Å². The maximum absolute atomic E-state index is 10.9. The van der Waals surface area contributed by atoms with Crippen molar-refractivity contribution in [2.24, 2.45) is 0 Å². The molecule has 100 valence electrons. The minimum absolute atomic E-state index is 0.280. The van der Waals surface area contributed by atoms with Crippen LogP contribution in [-0.4, -0.2) is 42.7 Å². The molecule has 4 heteroatoms. The molecule has 0 aliphatic rings. The van der Waals surface area contributed by atoms with E-state index >= 15 is 0 Å². The van der Waals surface area contributed by atoms with Crippen molar-refractivity contribution in [3.63, 3.8) is 0 Å². The molecule has 0 aliphatic heterocycles. The molecular formula is C14H21NO3. The molecule has 2 unspecified atom stereocenters. The molecule has 1 rings (SSSR count). The lowest BCUT2D eigenvalue weighted by molar-refractivity contribution is -0.142. The monoisotopic (exact) mass is 251 g/mol. The molecule has 1 N–H and O–H groups in total. The molecule has 1 aromatic rings. The molecule has 0 saturated carbocycles.